The molecule has 1 aliphatic carbocycles. The van der Waals surface area contributed by atoms with Crippen molar-refractivity contribution in [3.63, 3.8) is 0 Å². The molecule has 112 valence electrons. The van der Waals surface area contributed by atoms with Gasteiger partial charge in [0.05, 0.1) is 6.26 Å². The molecule has 0 aromatic rings. The second-order valence-electron chi connectivity index (χ2n) is 6.63. The van der Waals surface area contributed by atoms with E-state index < -0.39 is 10.0 Å². The molecule has 0 amide bonds. The van der Waals surface area contributed by atoms with Crippen LogP contribution in [-0.2, 0) is 10.0 Å². The lowest BCUT2D eigenvalue weighted by Gasteiger charge is -2.35. The summed E-state index contributed by atoms with van der Waals surface area (Å²) in [7, 11) is -3.01. The van der Waals surface area contributed by atoms with Crippen LogP contribution in [0.1, 0.15) is 46.0 Å². The summed E-state index contributed by atoms with van der Waals surface area (Å²) in [5, 5.41) is 3.62. The first-order valence-corrected chi connectivity index (χ1v) is 9.38. The van der Waals surface area contributed by atoms with Crippen LogP contribution < -0.4 is 5.32 Å². The zero-order valence-electron chi connectivity index (χ0n) is 12.5. The molecule has 0 radical (unpaired) electrons. The van der Waals surface area contributed by atoms with Gasteiger partial charge in [-0.2, -0.15) is 0 Å². The minimum atomic E-state index is -3.01. The third-order valence-corrected chi connectivity index (χ3v) is 6.12. The highest BCUT2D eigenvalue weighted by Crippen LogP contribution is 2.50. The summed E-state index contributed by atoms with van der Waals surface area (Å²) in [4.78, 5) is 0. The number of nitrogens with one attached hydrogen (secondary N) is 1. The summed E-state index contributed by atoms with van der Waals surface area (Å²) in [5.41, 5.74) is 0.462. The van der Waals surface area contributed by atoms with Crippen molar-refractivity contribution in [2.75, 3.05) is 25.9 Å². The Morgan fingerprint density at radius 2 is 2.11 bits per heavy atom. The summed E-state index contributed by atoms with van der Waals surface area (Å²) in [5.74, 6) is 0.518. The molecule has 2 aliphatic rings. The molecule has 19 heavy (non-hydrogen) atoms. The first kappa shape index (κ1) is 15.3. The van der Waals surface area contributed by atoms with Crippen molar-refractivity contribution in [3.8, 4) is 0 Å². The van der Waals surface area contributed by atoms with Crippen LogP contribution in [-0.4, -0.2) is 44.7 Å². The first-order valence-electron chi connectivity index (χ1n) is 7.53. The van der Waals surface area contributed by atoms with E-state index in [1.165, 1.54) is 25.5 Å². The summed E-state index contributed by atoms with van der Waals surface area (Å²) in [6, 6.07) is 0.557. The molecule has 0 spiro atoms. The molecule has 0 bridgehead atoms. The van der Waals surface area contributed by atoms with Crippen molar-refractivity contribution in [1.82, 2.24) is 9.62 Å². The number of nitrogens with zero attached hydrogens (tertiary/aromatic N) is 1. The molecule has 4 nitrogen and oxygen atoms in total. The molecule has 2 unspecified atom stereocenters. The van der Waals surface area contributed by atoms with Crippen LogP contribution in [0.2, 0.25) is 0 Å². The van der Waals surface area contributed by atoms with Crippen molar-refractivity contribution < 1.29 is 8.42 Å². The average molecular weight is 288 g/mol. The van der Waals surface area contributed by atoms with Gasteiger partial charge in [-0.15, -0.1) is 0 Å². The molecule has 1 saturated heterocycles. The first-order chi connectivity index (χ1) is 8.85. The zero-order chi connectivity index (χ0) is 14.1. The van der Waals surface area contributed by atoms with E-state index in [0.29, 0.717) is 23.9 Å². The molecule has 2 atom stereocenters. The van der Waals surface area contributed by atoms with Gasteiger partial charge in [0, 0.05) is 19.1 Å². The minimum absolute atomic E-state index is 0.462. The lowest BCUT2D eigenvalue weighted by molar-refractivity contribution is 0.212. The SMILES string of the molecule is CCNC(CC1CCCN(S(C)(=O)=O)C1)C1(C)CC1. The largest absolute Gasteiger partial charge is 0.314 e. The number of hydrogen-bond donors (Lipinski definition) is 1. The van der Waals surface area contributed by atoms with E-state index in [4.69, 9.17) is 0 Å². The maximum atomic E-state index is 11.7. The molecule has 1 N–H and O–H groups in total. The highest BCUT2D eigenvalue weighted by atomic mass is 32.2. The normalized spacial score (nSPS) is 29.1. The second-order valence-corrected chi connectivity index (χ2v) is 8.61. The van der Waals surface area contributed by atoms with Crippen molar-refractivity contribution in [2.45, 2.75) is 52.0 Å². The monoisotopic (exact) mass is 288 g/mol. The van der Waals surface area contributed by atoms with Gasteiger partial charge in [0.25, 0.3) is 0 Å². The summed E-state index contributed by atoms with van der Waals surface area (Å²) in [6.45, 7) is 6.94. The Bertz CT molecular complexity index is 404. The maximum Gasteiger partial charge on any atom is 0.211 e. The molecule has 2 rings (SSSR count). The Kier molecular flexibility index (Phi) is 4.58. The van der Waals surface area contributed by atoms with Crippen LogP contribution in [0.15, 0.2) is 0 Å². The number of piperidine rings is 1. The van der Waals surface area contributed by atoms with E-state index in [0.717, 1.165) is 25.9 Å². The van der Waals surface area contributed by atoms with Gasteiger partial charge in [0.15, 0.2) is 0 Å². The number of sulfonamides is 1. The fourth-order valence-electron chi connectivity index (χ4n) is 3.26. The van der Waals surface area contributed by atoms with Gasteiger partial charge in [-0.3, -0.25) is 0 Å². The van der Waals surface area contributed by atoms with E-state index in [1.807, 2.05) is 0 Å². The van der Waals surface area contributed by atoms with Crippen molar-refractivity contribution >= 4 is 10.0 Å². The minimum Gasteiger partial charge on any atom is -0.314 e. The smallest absolute Gasteiger partial charge is 0.211 e. The molecular formula is C14H28N2O2S. The molecule has 1 aliphatic heterocycles. The van der Waals surface area contributed by atoms with Crippen LogP contribution >= 0.6 is 0 Å². The third-order valence-electron chi connectivity index (χ3n) is 4.85. The molecule has 1 heterocycles. The predicted molar refractivity (Wildman–Crippen MR) is 78.6 cm³/mol. The van der Waals surface area contributed by atoms with Crippen LogP contribution in [0.5, 0.6) is 0 Å². The Morgan fingerprint density at radius 1 is 1.42 bits per heavy atom. The lowest BCUT2D eigenvalue weighted by Crippen LogP contribution is -2.44. The van der Waals surface area contributed by atoms with Gasteiger partial charge < -0.3 is 5.32 Å². The van der Waals surface area contributed by atoms with Crippen LogP contribution in [0.4, 0.5) is 0 Å². The quantitative estimate of drug-likeness (QED) is 0.811. The Hall–Kier alpha value is -0.130. The topological polar surface area (TPSA) is 49.4 Å². The number of rotatable bonds is 6. The van der Waals surface area contributed by atoms with E-state index in [1.54, 1.807) is 4.31 Å². The highest BCUT2D eigenvalue weighted by Gasteiger charge is 2.45. The zero-order valence-corrected chi connectivity index (χ0v) is 13.3. The summed E-state index contributed by atoms with van der Waals surface area (Å²) >= 11 is 0. The summed E-state index contributed by atoms with van der Waals surface area (Å²) < 4.78 is 25.0. The van der Waals surface area contributed by atoms with E-state index in [9.17, 15) is 8.42 Å². The van der Waals surface area contributed by atoms with Gasteiger partial charge in [-0.05, 0) is 50.0 Å². The molecule has 2 fully saturated rings. The molecule has 5 heteroatoms. The molecule has 0 aromatic heterocycles. The Morgan fingerprint density at radius 3 is 2.63 bits per heavy atom. The van der Waals surface area contributed by atoms with Crippen molar-refractivity contribution in [1.29, 1.82) is 0 Å². The van der Waals surface area contributed by atoms with Crippen molar-refractivity contribution in [2.24, 2.45) is 11.3 Å². The number of hydrogen-bond acceptors (Lipinski definition) is 3. The standard InChI is InChI=1S/C14H28N2O2S/c1-4-15-13(14(2)7-8-14)10-12-6-5-9-16(11-12)19(3,17)18/h12-13,15H,4-11H2,1-3H3. The molecular weight excluding hydrogens is 260 g/mol. The average Bonchev–Trinajstić information content (AvgIpc) is 3.07. The maximum absolute atomic E-state index is 11.7. The Labute approximate surface area is 118 Å². The molecule has 0 aromatic carbocycles. The van der Waals surface area contributed by atoms with Gasteiger partial charge in [0.2, 0.25) is 10.0 Å². The van der Waals surface area contributed by atoms with E-state index in [-0.39, 0.29) is 0 Å². The second kappa shape index (κ2) is 5.70. The third kappa shape index (κ3) is 3.92. The molecule has 1 saturated carbocycles. The van der Waals surface area contributed by atoms with Crippen LogP contribution in [0, 0.1) is 11.3 Å². The van der Waals surface area contributed by atoms with Crippen molar-refractivity contribution in [3.05, 3.63) is 0 Å². The lowest BCUT2D eigenvalue weighted by atomic mass is 9.85. The van der Waals surface area contributed by atoms with Gasteiger partial charge in [-0.1, -0.05) is 13.8 Å². The van der Waals surface area contributed by atoms with Gasteiger partial charge in [0.1, 0.15) is 0 Å². The fraction of sp³-hybridized carbons (Fsp3) is 1.00. The van der Waals surface area contributed by atoms with Crippen LogP contribution in [0.3, 0.4) is 0 Å². The summed E-state index contributed by atoms with van der Waals surface area (Å²) in [6.07, 6.45) is 7.26. The highest BCUT2D eigenvalue weighted by molar-refractivity contribution is 7.88. The fourth-order valence-corrected chi connectivity index (χ4v) is 4.20. The van der Waals surface area contributed by atoms with E-state index in [2.05, 4.69) is 19.2 Å². The van der Waals surface area contributed by atoms with Gasteiger partial charge in [-0.25, -0.2) is 12.7 Å². The van der Waals surface area contributed by atoms with Gasteiger partial charge >= 0.3 is 0 Å². The predicted octanol–water partition coefficient (Wildman–Crippen LogP) is 1.83. The Balaban J connectivity index is 1.94. The van der Waals surface area contributed by atoms with E-state index >= 15 is 0 Å². The van der Waals surface area contributed by atoms with Crippen LogP contribution in [0.25, 0.3) is 0 Å².